The molecular formula is C11H6ClF3INO2. The van der Waals surface area contributed by atoms with E-state index in [4.69, 9.17) is 11.6 Å². The maximum absolute atomic E-state index is 12.9. The van der Waals surface area contributed by atoms with Gasteiger partial charge in [-0.15, -0.1) is 0 Å². The highest BCUT2D eigenvalue weighted by molar-refractivity contribution is 14.1. The van der Waals surface area contributed by atoms with E-state index in [1.54, 1.807) is 0 Å². The molecule has 0 saturated heterocycles. The molecule has 8 heteroatoms. The number of rotatable bonds is 1. The summed E-state index contributed by atoms with van der Waals surface area (Å²) in [7, 11) is 1.02. The molecule has 1 aromatic heterocycles. The average molecular weight is 404 g/mol. The number of methoxy groups -OCH3 is 1. The summed E-state index contributed by atoms with van der Waals surface area (Å²) >= 11 is 7.79. The molecule has 0 bridgehead atoms. The molecule has 1 heterocycles. The molecule has 0 radical (unpaired) electrons. The Labute approximate surface area is 124 Å². The van der Waals surface area contributed by atoms with Crippen LogP contribution in [0.5, 0.6) is 0 Å². The molecular weight excluding hydrogens is 397 g/mol. The highest BCUT2D eigenvalue weighted by atomic mass is 127. The lowest BCUT2D eigenvalue weighted by molar-refractivity contribution is -0.141. The first-order valence-corrected chi connectivity index (χ1v) is 6.37. The van der Waals surface area contributed by atoms with E-state index in [1.807, 2.05) is 22.6 Å². The summed E-state index contributed by atoms with van der Waals surface area (Å²) in [5, 5.41) is 0.207. The van der Waals surface area contributed by atoms with E-state index in [0.717, 1.165) is 7.11 Å². The van der Waals surface area contributed by atoms with Crippen LogP contribution in [0.1, 0.15) is 16.1 Å². The van der Waals surface area contributed by atoms with Gasteiger partial charge in [-0.05, 0) is 34.7 Å². The summed E-state index contributed by atoms with van der Waals surface area (Å²) in [6, 6.07) is 2.95. The number of fused-ring (bicyclic) bond motifs is 1. The van der Waals surface area contributed by atoms with Crippen LogP contribution in [0.3, 0.4) is 0 Å². The predicted octanol–water partition coefficient (Wildman–Crippen LogP) is 4.23. The molecule has 0 atom stereocenters. The molecule has 0 aliphatic heterocycles. The molecule has 19 heavy (non-hydrogen) atoms. The number of hydrogen-bond acceptors (Lipinski definition) is 2. The van der Waals surface area contributed by atoms with Crippen molar-refractivity contribution in [3.05, 3.63) is 32.0 Å². The number of halogens is 5. The topological polar surface area (TPSA) is 42.1 Å². The highest BCUT2D eigenvalue weighted by Gasteiger charge is 2.39. The molecule has 1 aromatic carbocycles. The first-order chi connectivity index (χ1) is 8.75. The molecule has 0 spiro atoms. The molecule has 0 fully saturated rings. The monoisotopic (exact) mass is 403 g/mol. The normalized spacial score (nSPS) is 11.9. The zero-order valence-electron chi connectivity index (χ0n) is 9.36. The first-order valence-electron chi connectivity index (χ1n) is 4.92. The maximum atomic E-state index is 12.9. The largest absolute Gasteiger partial charge is 0.465 e. The van der Waals surface area contributed by atoms with Gasteiger partial charge < -0.3 is 9.72 Å². The predicted molar refractivity (Wildman–Crippen MR) is 72.4 cm³/mol. The Morgan fingerprint density at radius 2 is 2.05 bits per heavy atom. The number of aromatic nitrogens is 1. The number of benzene rings is 1. The van der Waals surface area contributed by atoms with Crippen LogP contribution in [0, 0.1) is 3.57 Å². The van der Waals surface area contributed by atoms with Crippen molar-refractivity contribution in [3.63, 3.8) is 0 Å². The summed E-state index contributed by atoms with van der Waals surface area (Å²) in [6.45, 7) is 0. The minimum atomic E-state index is -4.70. The van der Waals surface area contributed by atoms with Gasteiger partial charge in [0, 0.05) is 8.96 Å². The van der Waals surface area contributed by atoms with Gasteiger partial charge in [-0.2, -0.15) is 13.2 Å². The molecule has 1 N–H and O–H groups in total. The van der Waals surface area contributed by atoms with E-state index >= 15 is 0 Å². The molecule has 0 amide bonds. The standard InChI is InChI=1S/C11H6ClF3INO2/c1-19-10(18)7-5-2-4(16)3-6(12)8(5)17-9(7)11(13,14)15/h2-3,17H,1H3. The number of hydrogen-bond donors (Lipinski definition) is 1. The summed E-state index contributed by atoms with van der Waals surface area (Å²) in [5.41, 5.74) is -1.64. The minimum Gasteiger partial charge on any atom is -0.465 e. The Balaban J connectivity index is 2.90. The number of carbonyl (C=O) groups excluding carboxylic acids is 1. The SMILES string of the molecule is COC(=O)c1c(C(F)(F)F)[nH]c2c(Cl)cc(I)cc12. The number of nitrogens with one attached hydrogen (secondary N) is 1. The molecule has 0 unspecified atom stereocenters. The van der Waals surface area contributed by atoms with Crippen LogP contribution in [0.2, 0.25) is 5.02 Å². The Morgan fingerprint density at radius 1 is 1.42 bits per heavy atom. The summed E-state index contributed by atoms with van der Waals surface area (Å²) in [4.78, 5) is 13.7. The smallest absolute Gasteiger partial charge is 0.432 e. The van der Waals surface area contributed by atoms with E-state index in [0.29, 0.717) is 3.57 Å². The lowest BCUT2D eigenvalue weighted by Crippen LogP contribution is -2.13. The van der Waals surface area contributed by atoms with Crippen molar-refractivity contribution < 1.29 is 22.7 Å². The van der Waals surface area contributed by atoms with Gasteiger partial charge in [0.15, 0.2) is 0 Å². The van der Waals surface area contributed by atoms with Crippen molar-refractivity contribution >= 4 is 51.1 Å². The maximum Gasteiger partial charge on any atom is 0.432 e. The van der Waals surface area contributed by atoms with Crippen LogP contribution >= 0.6 is 34.2 Å². The van der Waals surface area contributed by atoms with Crippen molar-refractivity contribution in [1.82, 2.24) is 4.98 Å². The van der Waals surface area contributed by atoms with Crippen LogP contribution in [-0.2, 0) is 10.9 Å². The minimum absolute atomic E-state index is 0.0646. The molecule has 2 rings (SSSR count). The van der Waals surface area contributed by atoms with E-state index < -0.39 is 23.4 Å². The summed E-state index contributed by atoms with van der Waals surface area (Å²) in [6.07, 6.45) is -4.70. The molecule has 0 aliphatic rings. The second-order valence-corrected chi connectivity index (χ2v) is 5.33. The Kier molecular flexibility index (Phi) is 3.69. The van der Waals surface area contributed by atoms with Crippen LogP contribution < -0.4 is 0 Å². The first kappa shape index (κ1) is 14.4. The van der Waals surface area contributed by atoms with Gasteiger partial charge in [-0.1, -0.05) is 11.6 Å². The zero-order chi connectivity index (χ0) is 14.4. The summed E-state index contributed by atoms with van der Waals surface area (Å²) < 4.78 is 43.8. The van der Waals surface area contributed by atoms with Gasteiger partial charge in [0.1, 0.15) is 5.69 Å². The molecule has 3 nitrogen and oxygen atoms in total. The second kappa shape index (κ2) is 4.86. The van der Waals surface area contributed by atoms with Crippen molar-refractivity contribution in [2.24, 2.45) is 0 Å². The third kappa shape index (κ3) is 2.53. The number of aromatic amines is 1. The number of H-pyrrole nitrogens is 1. The van der Waals surface area contributed by atoms with E-state index in [9.17, 15) is 18.0 Å². The quantitative estimate of drug-likeness (QED) is 0.572. The van der Waals surface area contributed by atoms with Crippen molar-refractivity contribution in [2.75, 3.05) is 7.11 Å². The second-order valence-electron chi connectivity index (χ2n) is 3.67. The Morgan fingerprint density at radius 3 is 2.58 bits per heavy atom. The summed E-state index contributed by atoms with van der Waals surface area (Å²) in [5.74, 6) is -1.06. The van der Waals surface area contributed by atoms with Gasteiger partial charge in [0.25, 0.3) is 0 Å². The van der Waals surface area contributed by atoms with Crippen LogP contribution in [0.15, 0.2) is 12.1 Å². The van der Waals surface area contributed by atoms with E-state index in [2.05, 4.69) is 9.72 Å². The number of carbonyl (C=O) groups is 1. The van der Waals surface area contributed by atoms with Gasteiger partial charge in [-0.25, -0.2) is 4.79 Å². The Bertz CT molecular complexity index is 666. The van der Waals surface area contributed by atoms with E-state index in [1.165, 1.54) is 12.1 Å². The average Bonchev–Trinajstić information content (AvgIpc) is 2.67. The van der Waals surface area contributed by atoms with Gasteiger partial charge in [0.2, 0.25) is 0 Å². The van der Waals surface area contributed by atoms with E-state index in [-0.39, 0.29) is 15.9 Å². The fourth-order valence-electron chi connectivity index (χ4n) is 1.75. The van der Waals surface area contributed by atoms with Crippen molar-refractivity contribution in [2.45, 2.75) is 6.18 Å². The van der Waals surface area contributed by atoms with Gasteiger partial charge in [-0.3, -0.25) is 0 Å². The van der Waals surface area contributed by atoms with Crippen LogP contribution in [0.4, 0.5) is 13.2 Å². The molecule has 2 aromatic rings. The number of ether oxygens (including phenoxy) is 1. The van der Waals surface area contributed by atoms with Crippen LogP contribution in [-0.4, -0.2) is 18.1 Å². The number of alkyl halides is 3. The third-order valence-corrected chi connectivity index (χ3v) is 3.42. The van der Waals surface area contributed by atoms with Crippen LogP contribution in [0.25, 0.3) is 10.9 Å². The molecule has 0 aliphatic carbocycles. The van der Waals surface area contributed by atoms with Gasteiger partial charge >= 0.3 is 12.1 Å². The number of esters is 1. The molecule has 0 saturated carbocycles. The fraction of sp³-hybridized carbons (Fsp3) is 0.182. The molecule has 102 valence electrons. The fourth-order valence-corrected chi connectivity index (χ4v) is 2.82. The van der Waals surface area contributed by atoms with Crippen molar-refractivity contribution in [1.29, 1.82) is 0 Å². The lowest BCUT2D eigenvalue weighted by atomic mass is 10.1. The van der Waals surface area contributed by atoms with Gasteiger partial charge in [0.05, 0.1) is 23.2 Å². The van der Waals surface area contributed by atoms with Crippen molar-refractivity contribution in [3.8, 4) is 0 Å². The third-order valence-electron chi connectivity index (χ3n) is 2.50. The Hall–Kier alpha value is -0.960. The zero-order valence-corrected chi connectivity index (χ0v) is 12.3. The lowest BCUT2D eigenvalue weighted by Gasteiger charge is -2.06. The highest BCUT2D eigenvalue weighted by Crippen LogP contribution is 2.38.